The Morgan fingerprint density at radius 1 is 1.22 bits per heavy atom. The summed E-state index contributed by atoms with van der Waals surface area (Å²) in [6, 6.07) is 7.14. The summed E-state index contributed by atoms with van der Waals surface area (Å²) in [6.45, 7) is 7.04. The minimum absolute atomic E-state index is 0.0788. The van der Waals surface area contributed by atoms with Crippen LogP contribution in [0.25, 0.3) is 0 Å². The molecule has 1 aromatic carbocycles. The third-order valence-electron chi connectivity index (χ3n) is 2.98. The van der Waals surface area contributed by atoms with E-state index in [0.29, 0.717) is 18.7 Å². The number of ketones is 1. The van der Waals surface area contributed by atoms with E-state index in [1.54, 1.807) is 17.0 Å². The number of carbonyl (C=O) groups is 2. The number of rotatable bonds is 2. The summed E-state index contributed by atoms with van der Waals surface area (Å²) in [5.74, 6) is 0.111. The smallest absolute Gasteiger partial charge is 0.321 e. The van der Waals surface area contributed by atoms with Gasteiger partial charge in [0, 0.05) is 29.8 Å². The van der Waals surface area contributed by atoms with Crippen LogP contribution in [-0.2, 0) is 0 Å². The largest absolute Gasteiger partial charge is 0.336 e. The number of amides is 2. The van der Waals surface area contributed by atoms with Gasteiger partial charge in [0.2, 0.25) is 0 Å². The maximum absolute atomic E-state index is 12.1. The second kappa shape index (κ2) is 4.44. The van der Waals surface area contributed by atoms with Gasteiger partial charge in [-0.2, -0.15) is 0 Å². The van der Waals surface area contributed by atoms with Gasteiger partial charge in [-0.25, -0.2) is 4.79 Å². The molecule has 0 aromatic heterocycles. The maximum atomic E-state index is 12.1. The van der Waals surface area contributed by atoms with Gasteiger partial charge in [-0.1, -0.05) is 20.8 Å². The first-order chi connectivity index (χ1) is 8.39. The third-order valence-corrected chi connectivity index (χ3v) is 2.98. The average molecular weight is 246 g/mol. The first-order valence-electron chi connectivity index (χ1n) is 6.10. The number of Topliss-reactive ketones (excluding diaryl/α,β-unsaturated/α-hetero) is 1. The quantitative estimate of drug-likeness (QED) is 0.815. The molecule has 2 amide bonds. The fourth-order valence-corrected chi connectivity index (χ4v) is 1.94. The lowest BCUT2D eigenvalue weighted by atomic mass is 9.86. The highest BCUT2D eigenvalue weighted by Gasteiger charge is 2.24. The molecule has 1 heterocycles. The van der Waals surface area contributed by atoms with Gasteiger partial charge in [0.05, 0.1) is 0 Å². The number of benzene rings is 1. The van der Waals surface area contributed by atoms with E-state index in [2.05, 4.69) is 5.32 Å². The Balaban J connectivity index is 2.20. The van der Waals surface area contributed by atoms with Crippen LogP contribution in [0.1, 0.15) is 31.1 Å². The molecule has 1 saturated heterocycles. The van der Waals surface area contributed by atoms with Crippen molar-refractivity contribution in [2.45, 2.75) is 20.8 Å². The lowest BCUT2D eigenvalue weighted by Crippen LogP contribution is -2.27. The Morgan fingerprint density at radius 2 is 1.83 bits per heavy atom. The monoisotopic (exact) mass is 246 g/mol. The van der Waals surface area contributed by atoms with Crippen molar-refractivity contribution < 1.29 is 9.59 Å². The number of hydrogen-bond acceptors (Lipinski definition) is 2. The first-order valence-corrected chi connectivity index (χ1v) is 6.10. The highest BCUT2D eigenvalue weighted by Crippen LogP contribution is 2.23. The number of nitrogens with one attached hydrogen (secondary N) is 1. The van der Waals surface area contributed by atoms with Crippen molar-refractivity contribution in [1.82, 2.24) is 5.32 Å². The molecule has 1 aliphatic heterocycles. The van der Waals surface area contributed by atoms with E-state index >= 15 is 0 Å². The molecule has 2 rings (SSSR count). The Labute approximate surface area is 107 Å². The molecular weight excluding hydrogens is 228 g/mol. The van der Waals surface area contributed by atoms with Crippen molar-refractivity contribution in [3.05, 3.63) is 29.8 Å². The van der Waals surface area contributed by atoms with Crippen molar-refractivity contribution in [2.75, 3.05) is 18.0 Å². The molecule has 1 aromatic rings. The number of hydrogen-bond donors (Lipinski definition) is 1. The molecule has 0 spiro atoms. The Morgan fingerprint density at radius 3 is 2.28 bits per heavy atom. The van der Waals surface area contributed by atoms with Gasteiger partial charge in [-0.15, -0.1) is 0 Å². The zero-order chi connectivity index (χ0) is 13.3. The highest BCUT2D eigenvalue weighted by molar-refractivity contribution is 6.00. The summed E-state index contributed by atoms with van der Waals surface area (Å²) in [7, 11) is 0. The van der Waals surface area contributed by atoms with Gasteiger partial charge >= 0.3 is 6.03 Å². The minimum Gasteiger partial charge on any atom is -0.336 e. The topological polar surface area (TPSA) is 49.4 Å². The fraction of sp³-hybridized carbons (Fsp3) is 0.429. The Hall–Kier alpha value is -1.84. The number of anilines is 1. The van der Waals surface area contributed by atoms with Gasteiger partial charge in [0.25, 0.3) is 0 Å². The molecular formula is C14H18N2O2. The summed E-state index contributed by atoms with van der Waals surface area (Å²) < 4.78 is 0. The van der Waals surface area contributed by atoms with E-state index in [9.17, 15) is 9.59 Å². The zero-order valence-corrected chi connectivity index (χ0v) is 11.0. The highest BCUT2D eigenvalue weighted by atomic mass is 16.2. The summed E-state index contributed by atoms with van der Waals surface area (Å²) >= 11 is 0. The van der Waals surface area contributed by atoms with E-state index in [-0.39, 0.29) is 17.2 Å². The second-order valence-corrected chi connectivity index (χ2v) is 5.51. The minimum atomic E-state index is -0.382. The molecule has 0 saturated carbocycles. The molecule has 0 atom stereocenters. The standard InChI is InChI=1S/C14H18N2O2/c1-14(2,3)12(17)10-4-6-11(7-5-10)16-9-8-15-13(16)18/h4-7H,8-9H2,1-3H3,(H,15,18). The molecule has 0 bridgehead atoms. The Bertz CT molecular complexity index is 472. The molecule has 1 fully saturated rings. The van der Waals surface area contributed by atoms with E-state index in [0.717, 1.165) is 5.69 Å². The van der Waals surface area contributed by atoms with Gasteiger partial charge < -0.3 is 5.32 Å². The lowest BCUT2D eigenvalue weighted by molar-refractivity contribution is 0.0858. The van der Waals surface area contributed by atoms with Crippen molar-refractivity contribution in [3.8, 4) is 0 Å². The van der Waals surface area contributed by atoms with Crippen molar-refractivity contribution in [1.29, 1.82) is 0 Å². The SMILES string of the molecule is CC(C)(C)C(=O)c1ccc(N2CCNC2=O)cc1. The van der Waals surface area contributed by atoms with Crippen LogP contribution in [0.15, 0.2) is 24.3 Å². The maximum Gasteiger partial charge on any atom is 0.321 e. The second-order valence-electron chi connectivity index (χ2n) is 5.51. The first kappa shape index (κ1) is 12.6. The van der Waals surface area contributed by atoms with E-state index in [1.807, 2.05) is 32.9 Å². The molecule has 4 nitrogen and oxygen atoms in total. The number of nitrogens with zero attached hydrogens (tertiary/aromatic N) is 1. The van der Waals surface area contributed by atoms with Crippen LogP contribution in [0.4, 0.5) is 10.5 Å². The van der Waals surface area contributed by atoms with Crippen LogP contribution in [0, 0.1) is 5.41 Å². The third kappa shape index (κ3) is 2.37. The van der Waals surface area contributed by atoms with Crippen LogP contribution >= 0.6 is 0 Å². The molecule has 0 radical (unpaired) electrons. The predicted octanol–water partition coefficient (Wildman–Crippen LogP) is 2.45. The van der Waals surface area contributed by atoms with Gasteiger partial charge in [0.1, 0.15) is 0 Å². The molecule has 18 heavy (non-hydrogen) atoms. The van der Waals surface area contributed by atoms with Gasteiger partial charge in [0.15, 0.2) is 5.78 Å². The van der Waals surface area contributed by atoms with E-state index < -0.39 is 0 Å². The van der Waals surface area contributed by atoms with Crippen LogP contribution < -0.4 is 10.2 Å². The predicted molar refractivity (Wildman–Crippen MR) is 71.0 cm³/mol. The van der Waals surface area contributed by atoms with Gasteiger partial charge in [-0.3, -0.25) is 9.69 Å². The summed E-state index contributed by atoms with van der Waals surface area (Å²) in [4.78, 5) is 25.2. The van der Waals surface area contributed by atoms with Gasteiger partial charge in [-0.05, 0) is 24.3 Å². The molecule has 1 N–H and O–H groups in total. The van der Waals surface area contributed by atoms with Crippen LogP contribution in [0.2, 0.25) is 0 Å². The zero-order valence-electron chi connectivity index (χ0n) is 11.0. The molecule has 0 aliphatic carbocycles. The van der Waals surface area contributed by atoms with Crippen LogP contribution in [0.3, 0.4) is 0 Å². The average Bonchev–Trinajstić information content (AvgIpc) is 2.73. The van der Waals surface area contributed by atoms with E-state index in [4.69, 9.17) is 0 Å². The Kier molecular flexibility index (Phi) is 3.11. The molecule has 1 aliphatic rings. The molecule has 4 heteroatoms. The molecule has 96 valence electrons. The summed E-state index contributed by atoms with van der Waals surface area (Å²) in [5, 5.41) is 2.75. The number of urea groups is 1. The van der Waals surface area contributed by atoms with Crippen molar-refractivity contribution in [2.24, 2.45) is 5.41 Å². The van der Waals surface area contributed by atoms with Crippen molar-refractivity contribution >= 4 is 17.5 Å². The van der Waals surface area contributed by atoms with Crippen LogP contribution in [0.5, 0.6) is 0 Å². The van der Waals surface area contributed by atoms with Crippen LogP contribution in [-0.4, -0.2) is 24.9 Å². The summed E-state index contributed by atoms with van der Waals surface area (Å²) in [6.07, 6.45) is 0. The lowest BCUT2D eigenvalue weighted by Gasteiger charge is -2.18. The normalized spacial score (nSPS) is 15.7. The fourth-order valence-electron chi connectivity index (χ4n) is 1.94. The molecule has 0 unspecified atom stereocenters. The number of carbonyl (C=O) groups excluding carboxylic acids is 2. The summed E-state index contributed by atoms with van der Waals surface area (Å²) in [5.41, 5.74) is 1.13. The van der Waals surface area contributed by atoms with E-state index in [1.165, 1.54) is 0 Å². The van der Waals surface area contributed by atoms with Crippen molar-refractivity contribution in [3.63, 3.8) is 0 Å².